The van der Waals surface area contributed by atoms with Gasteiger partial charge in [-0.2, -0.15) is 0 Å². The molecular formula is C30H35FN4O6S. The first-order valence-electron chi connectivity index (χ1n) is 13.5. The number of halogens is 1. The molecule has 3 amide bonds. The molecule has 0 aromatic heterocycles. The first kappa shape index (κ1) is 30.8. The number of amides is 3. The van der Waals surface area contributed by atoms with Crippen LogP contribution < -0.4 is 14.8 Å². The van der Waals surface area contributed by atoms with Gasteiger partial charge in [-0.1, -0.05) is 30.7 Å². The fourth-order valence-electron chi connectivity index (χ4n) is 4.57. The summed E-state index contributed by atoms with van der Waals surface area (Å²) >= 11 is 0. The highest BCUT2D eigenvalue weighted by Crippen LogP contribution is 2.36. The summed E-state index contributed by atoms with van der Waals surface area (Å²) in [6, 6.07) is 15.3. The van der Waals surface area contributed by atoms with Crippen molar-refractivity contribution < 1.29 is 32.2 Å². The van der Waals surface area contributed by atoms with E-state index in [9.17, 15) is 27.5 Å². The van der Waals surface area contributed by atoms with Gasteiger partial charge in [-0.05, 0) is 62.4 Å². The molecule has 42 heavy (non-hydrogen) atoms. The number of ether oxygens (including phenoxy) is 1. The van der Waals surface area contributed by atoms with Crippen LogP contribution in [-0.2, 0) is 10.0 Å². The maximum atomic E-state index is 13.7. The maximum absolute atomic E-state index is 13.7. The number of anilines is 2. The second-order valence-corrected chi connectivity index (χ2v) is 12.2. The Labute approximate surface area is 245 Å². The van der Waals surface area contributed by atoms with Gasteiger partial charge in [0, 0.05) is 25.2 Å². The SMILES string of the molecule is Cc1ccc(S(=O)(=O)Nc2cccc3c2O[C@@H](CN(C)C(=O)Nc2ccc(F)cc2)[C@H](C)CN([C@@H](C)CO)C3=O)cc1. The van der Waals surface area contributed by atoms with Gasteiger partial charge in [-0.25, -0.2) is 17.6 Å². The zero-order valence-corrected chi connectivity index (χ0v) is 24.7. The molecule has 0 bridgehead atoms. The Bertz CT molecular complexity index is 1530. The number of hydrogen-bond donors (Lipinski definition) is 3. The van der Waals surface area contributed by atoms with Gasteiger partial charge in [-0.15, -0.1) is 0 Å². The number of sulfonamides is 1. The van der Waals surface area contributed by atoms with Crippen molar-refractivity contribution in [2.24, 2.45) is 5.92 Å². The maximum Gasteiger partial charge on any atom is 0.321 e. The molecule has 1 aliphatic rings. The van der Waals surface area contributed by atoms with Crippen molar-refractivity contribution in [1.82, 2.24) is 9.80 Å². The largest absolute Gasteiger partial charge is 0.485 e. The van der Waals surface area contributed by atoms with E-state index in [1.165, 1.54) is 58.3 Å². The zero-order chi connectivity index (χ0) is 30.6. The van der Waals surface area contributed by atoms with Crippen LogP contribution >= 0.6 is 0 Å². The average Bonchev–Trinajstić information content (AvgIpc) is 2.96. The summed E-state index contributed by atoms with van der Waals surface area (Å²) in [5, 5.41) is 12.6. The minimum Gasteiger partial charge on any atom is -0.485 e. The molecule has 4 rings (SSSR count). The van der Waals surface area contributed by atoms with Crippen LogP contribution in [0.1, 0.15) is 29.8 Å². The molecule has 1 heterocycles. The molecular weight excluding hydrogens is 563 g/mol. The van der Waals surface area contributed by atoms with Gasteiger partial charge in [0.25, 0.3) is 15.9 Å². The number of nitrogens with zero attached hydrogens (tertiary/aromatic N) is 2. The standard InChI is InChI=1S/C30H35FN4O6S/c1-19-8-14-24(15-9-19)42(39,40)33-26-7-5-6-25-28(26)41-27(20(2)16-35(29(25)37)21(3)18-36)17-34(4)30(38)32-23-12-10-22(31)11-13-23/h5-15,20-21,27,33,36H,16-18H2,1-4H3,(H,32,38)/t20-,21+,27+/m1/s1. The first-order valence-corrected chi connectivity index (χ1v) is 15.0. The molecule has 1 aliphatic heterocycles. The summed E-state index contributed by atoms with van der Waals surface area (Å²) in [5.41, 5.74) is 1.49. The summed E-state index contributed by atoms with van der Waals surface area (Å²) in [4.78, 5) is 29.6. The lowest BCUT2D eigenvalue weighted by atomic mass is 9.99. The summed E-state index contributed by atoms with van der Waals surface area (Å²) in [6.45, 7) is 5.43. The van der Waals surface area contributed by atoms with Crippen molar-refractivity contribution >= 4 is 33.3 Å². The molecule has 0 saturated heterocycles. The Balaban J connectivity index is 1.68. The normalized spacial score (nSPS) is 17.8. The highest BCUT2D eigenvalue weighted by molar-refractivity contribution is 7.92. The van der Waals surface area contributed by atoms with Crippen LogP contribution in [0.25, 0.3) is 0 Å². The van der Waals surface area contributed by atoms with E-state index in [1.54, 1.807) is 32.2 Å². The number of aliphatic hydroxyl groups excluding tert-OH is 1. The number of urea groups is 1. The van der Waals surface area contributed by atoms with Gasteiger partial charge in [0.05, 0.1) is 35.3 Å². The fraction of sp³-hybridized carbons (Fsp3) is 0.333. The molecule has 0 radical (unpaired) electrons. The number of fused-ring (bicyclic) bond motifs is 1. The topological polar surface area (TPSA) is 128 Å². The molecule has 0 saturated carbocycles. The molecule has 0 unspecified atom stereocenters. The van der Waals surface area contributed by atoms with Crippen LogP contribution in [0.15, 0.2) is 71.6 Å². The highest BCUT2D eigenvalue weighted by Gasteiger charge is 2.35. The Hall–Kier alpha value is -4.16. The van der Waals surface area contributed by atoms with E-state index in [4.69, 9.17) is 4.74 Å². The van der Waals surface area contributed by atoms with Crippen LogP contribution in [0, 0.1) is 18.7 Å². The van der Waals surface area contributed by atoms with Gasteiger partial charge in [0.15, 0.2) is 5.75 Å². The van der Waals surface area contributed by atoms with Crippen molar-refractivity contribution in [3.63, 3.8) is 0 Å². The zero-order valence-electron chi connectivity index (χ0n) is 23.9. The predicted octanol–water partition coefficient (Wildman–Crippen LogP) is 4.32. The molecule has 0 aliphatic carbocycles. The number of aryl methyl sites for hydroxylation is 1. The Morgan fingerprint density at radius 3 is 2.45 bits per heavy atom. The van der Waals surface area contributed by atoms with E-state index in [1.807, 2.05) is 13.8 Å². The summed E-state index contributed by atoms with van der Waals surface area (Å²) in [7, 11) is -2.47. The minimum absolute atomic E-state index is 0.0252. The molecule has 3 aromatic carbocycles. The van der Waals surface area contributed by atoms with Gasteiger partial charge in [0.2, 0.25) is 0 Å². The van der Waals surface area contributed by atoms with E-state index in [0.717, 1.165) is 5.56 Å². The van der Waals surface area contributed by atoms with Gasteiger partial charge >= 0.3 is 6.03 Å². The summed E-state index contributed by atoms with van der Waals surface area (Å²) in [5.74, 6) is -1.16. The molecule has 12 heteroatoms. The van der Waals surface area contributed by atoms with Crippen molar-refractivity contribution in [2.75, 3.05) is 36.8 Å². The van der Waals surface area contributed by atoms with Crippen LogP contribution in [0.2, 0.25) is 0 Å². The van der Waals surface area contributed by atoms with Gasteiger partial charge in [0.1, 0.15) is 11.9 Å². The monoisotopic (exact) mass is 598 g/mol. The number of benzene rings is 3. The number of aliphatic hydroxyl groups is 1. The van der Waals surface area contributed by atoms with Gasteiger partial charge in [-0.3, -0.25) is 9.52 Å². The Kier molecular flexibility index (Phi) is 9.37. The van der Waals surface area contributed by atoms with Gasteiger partial charge < -0.3 is 25.0 Å². The fourth-order valence-corrected chi connectivity index (χ4v) is 5.63. The van der Waals surface area contributed by atoms with E-state index in [0.29, 0.717) is 5.69 Å². The lowest BCUT2D eigenvalue weighted by Crippen LogP contribution is -2.50. The van der Waals surface area contributed by atoms with Crippen LogP contribution in [0.5, 0.6) is 5.75 Å². The molecule has 0 fully saturated rings. The molecule has 3 aromatic rings. The average molecular weight is 599 g/mol. The lowest BCUT2D eigenvalue weighted by Gasteiger charge is -2.38. The van der Waals surface area contributed by atoms with E-state index >= 15 is 0 Å². The highest BCUT2D eigenvalue weighted by atomic mass is 32.2. The van der Waals surface area contributed by atoms with E-state index in [-0.39, 0.29) is 47.5 Å². The Morgan fingerprint density at radius 2 is 1.81 bits per heavy atom. The number of likely N-dealkylation sites (N-methyl/N-ethyl adjacent to an activating group) is 1. The third-order valence-electron chi connectivity index (χ3n) is 7.16. The van der Waals surface area contributed by atoms with Crippen LogP contribution in [0.4, 0.5) is 20.6 Å². The van der Waals surface area contributed by atoms with Crippen molar-refractivity contribution in [3.8, 4) is 5.75 Å². The molecule has 224 valence electrons. The number of rotatable bonds is 8. The molecule has 10 nitrogen and oxygen atoms in total. The van der Waals surface area contributed by atoms with E-state index in [2.05, 4.69) is 10.0 Å². The number of nitrogens with one attached hydrogen (secondary N) is 2. The molecule has 3 N–H and O–H groups in total. The third-order valence-corrected chi connectivity index (χ3v) is 8.54. The first-order chi connectivity index (χ1) is 19.9. The lowest BCUT2D eigenvalue weighted by molar-refractivity contribution is 0.0373. The van der Waals surface area contributed by atoms with E-state index < -0.39 is 39.9 Å². The second-order valence-electron chi connectivity index (χ2n) is 10.5. The molecule has 3 atom stereocenters. The minimum atomic E-state index is -4.04. The van der Waals surface area contributed by atoms with Crippen LogP contribution in [0.3, 0.4) is 0 Å². The van der Waals surface area contributed by atoms with Crippen molar-refractivity contribution in [2.45, 2.75) is 37.8 Å². The number of carbonyl (C=O) groups excluding carboxylic acids is 2. The summed E-state index contributed by atoms with van der Waals surface area (Å²) < 4.78 is 48.8. The number of hydrogen-bond acceptors (Lipinski definition) is 6. The quantitative estimate of drug-likeness (QED) is 0.354. The second kappa shape index (κ2) is 12.8. The van der Waals surface area contributed by atoms with Crippen molar-refractivity contribution in [1.29, 1.82) is 0 Å². The molecule has 0 spiro atoms. The number of para-hydroxylation sites is 1. The van der Waals surface area contributed by atoms with Crippen LogP contribution in [-0.4, -0.2) is 74.2 Å². The smallest absolute Gasteiger partial charge is 0.321 e. The Morgan fingerprint density at radius 1 is 1.14 bits per heavy atom. The van der Waals surface area contributed by atoms with Crippen molar-refractivity contribution in [3.05, 3.63) is 83.7 Å². The summed E-state index contributed by atoms with van der Waals surface area (Å²) in [6.07, 6.45) is -0.681. The third kappa shape index (κ3) is 7.00. The number of carbonyl (C=O) groups is 2. The predicted molar refractivity (Wildman–Crippen MR) is 158 cm³/mol.